The molecule has 3 aliphatic rings. The third-order valence-corrected chi connectivity index (χ3v) is 11.5. The average molecular weight is 795 g/mol. The third kappa shape index (κ3) is 8.30. The van der Waals surface area contributed by atoms with Crippen molar-refractivity contribution in [2.75, 3.05) is 33.4 Å². The fraction of sp³-hybridized carbons (Fsp3) is 0.512. The highest BCUT2D eigenvalue weighted by molar-refractivity contribution is 9.09. The van der Waals surface area contributed by atoms with E-state index in [9.17, 15) is 24.3 Å². The van der Waals surface area contributed by atoms with Gasteiger partial charge in [-0.15, -0.1) is 13.2 Å². The van der Waals surface area contributed by atoms with E-state index in [-0.39, 0.29) is 36.2 Å². The molecular weight excluding hydrogens is 742 g/mol. The molecule has 2 bridgehead atoms. The predicted molar refractivity (Wildman–Crippen MR) is 204 cm³/mol. The van der Waals surface area contributed by atoms with Crippen LogP contribution in [0.1, 0.15) is 68.7 Å². The molecule has 0 aromatic heterocycles. The van der Waals surface area contributed by atoms with Crippen LogP contribution in [0, 0.1) is 11.8 Å². The predicted octanol–water partition coefficient (Wildman–Crippen LogP) is 5.05. The molecule has 1 unspecified atom stereocenters. The van der Waals surface area contributed by atoms with Crippen LogP contribution in [-0.4, -0.2) is 101 Å². The summed E-state index contributed by atoms with van der Waals surface area (Å²) in [6.45, 7) is 9.99. The van der Waals surface area contributed by atoms with Gasteiger partial charge in [-0.2, -0.15) is 0 Å². The Labute approximate surface area is 320 Å². The number of halogens is 1. The maximum atomic E-state index is 15.0. The first-order valence-electron chi connectivity index (χ1n) is 18.5. The van der Waals surface area contributed by atoms with E-state index < -0.39 is 66.3 Å². The molecule has 3 heterocycles. The number of methoxy groups -OCH3 is 1. The van der Waals surface area contributed by atoms with E-state index in [4.69, 9.17) is 14.2 Å². The van der Waals surface area contributed by atoms with Crippen molar-refractivity contribution in [3.8, 4) is 0 Å². The molecule has 0 aliphatic carbocycles. The zero-order valence-electron chi connectivity index (χ0n) is 30.6. The minimum atomic E-state index is -1.38. The number of amides is 3. The van der Waals surface area contributed by atoms with Crippen LogP contribution < -0.4 is 5.32 Å². The second-order valence-corrected chi connectivity index (χ2v) is 15.2. The number of carbonyl (C=O) groups is 4. The van der Waals surface area contributed by atoms with E-state index in [1.807, 2.05) is 48.5 Å². The lowest BCUT2D eigenvalue weighted by Gasteiger charge is -2.39. The lowest BCUT2D eigenvalue weighted by atomic mass is 9.70. The van der Waals surface area contributed by atoms with Crippen molar-refractivity contribution in [2.45, 2.75) is 86.2 Å². The van der Waals surface area contributed by atoms with Crippen molar-refractivity contribution in [1.82, 2.24) is 15.1 Å². The smallest absolute Gasteiger partial charge is 0.313 e. The molecule has 0 saturated carbocycles. The van der Waals surface area contributed by atoms with Crippen LogP contribution in [0.5, 0.6) is 0 Å². The molecule has 11 nitrogen and oxygen atoms in total. The van der Waals surface area contributed by atoms with Gasteiger partial charge in [0.15, 0.2) is 0 Å². The summed E-state index contributed by atoms with van der Waals surface area (Å²) >= 11 is 3.75. The summed E-state index contributed by atoms with van der Waals surface area (Å²) in [5, 5.41) is 13.9. The number of hydrogen-bond donors (Lipinski definition) is 2. The summed E-state index contributed by atoms with van der Waals surface area (Å²) in [6, 6.07) is 15.4. The van der Waals surface area contributed by atoms with Crippen LogP contribution in [-0.2, 0) is 33.4 Å². The number of rotatable bonds is 20. The van der Waals surface area contributed by atoms with Crippen molar-refractivity contribution >= 4 is 39.6 Å². The Morgan fingerprint density at radius 1 is 1.09 bits per heavy atom. The van der Waals surface area contributed by atoms with E-state index in [1.165, 1.54) is 12.0 Å². The van der Waals surface area contributed by atoms with Gasteiger partial charge >= 0.3 is 5.97 Å². The number of hydrogen-bond acceptors (Lipinski definition) is 8. The first kappa shape index (κ1) is 40.3. The van der Waals surface area contributed by atoms with Crippen LogP contribution in [0.4, 0.5) is 0 Å². The van der Waals surface area contributed by atoms with Crippen molar-refractivity contribution < 1.29 is 38.5 Å². The molecule has 12 heteroatoms. The van der Waals surface area contributed by atoms with Crippen molar-refractivity contribution in [1.29, 1.82) is 0 Å². The number of aliphatic hydroxyl groups excluding tert-OH is 1. The highest BCUT2D eigenvalue weighted by Crippen LogP contribution is 2.61. The average Bonchev–Trinajstić information content (AvgIpc) is 3.76. The number of fused-ring (bicyclic) bond motifs is 1. The van der Waals surface area contributed by atoms with Gasteiger partial charge in [-0.1, -0.05) is 109 Å². The summed E-state index contributed by atoms with van der Waals surface area (Å²) in [6.07, 6.45) is 5.18. The number of allylic oxidation sites excluding steroid dienone is 1. The number of aliphatic hydroxyl groups is 1. The first-order chi connectivity index (χ1) is 25.7. The summed E-state index contributed by atoms with van der Waals surface area (Å²) < 4.78 is 18.6. The summed E-state index contributed by atoms with van der Waals surface area (Å²) in [5.41, 5.74) is -0.0949. The lowest BCUT2D eigenvalue weighted by molar-refractivity contribution is -0.163. The third-order valence-electron chi connectivity index (χ3n) is 10.6. The standard InChI is InChI=1S/C41H52BrN3O8/c1-5-8-16-23-44(22-7-3)39(49)37-41-24-29(42)36(53-41)33(34(41)38(48)45(37)31(25-46)27-17-12-10-13-18-27)40(50)52-35(28-19-14-11-15-20-28)30(26-51-4)43-32(47)21-9-6-2/h6-7,10-15,17-20,29-31,33-37,46H,2-3,5,8-9,16,21-26H2,1,4H3,(H,43,47)/t29?,30-,31-,33+,34-,35-,36+,37+,41-/m1/s1. The van der Waals surface area contributed by atoms with E-state index in [0.717, 1.165) is 19.3 Å². The zero-order chi connectivity index (χ0) is 38.1. The maximum absolute atomic E-state index is 15.0. The zero-order valence-corrected chi connectivity index (χ0v) is 32.2. The van der Waals surface area contributed by atoms with Crippen LogP contribution in [0.15, 0.2) is 86.0 Å². The van der Waals surface area contributed by atoms with Crippen molar-refractivity contribution in [3.63, 3.8) is 0 Å². The molecule has 2 aromatic rings. The molecule has 5 rings (SSSR count). The van der Waals surface area contributed by atoms with Crippen LogP contribution in [0.2, 0.25) is 0 Å². The Kier molecular flexibility index (Phi) is 14.1. The molecule has 9 atom stereocenters. The van der Waals surface area contributed by atoms with Gasteiger partial charge in [0, 0.05) is 31.4 Å². The quantitative estimate of drug-likeness (QED) is 0.0824. The molecular formula is C41H52BrN3O8. The molecule has 3 aliphatic heterocycles. The topological polar surface area (TPSA) is 135 Å². The number of alkyl halides is 1. The van der Waals surface area contributed by atoms with Crippen LogP contribution in [0.25, 0.3) is 0 Å². The fourth-order valence-corrected chi connectivity index (χ4v) is 9.22. The largest absolute Gasteiger partial charge is 0.455 e. The van der Waals surface area contributed by atoms with Gasteiger partial charge in [-0.05, 0) is 30.4 Å². The van der Waals surface area contributed by atoms with E-state index in [1.54, 1.807) is 29.2 Å². The monoisotopic (exact) mass is 793 g/mol. The second kappa shape index (κ2) is 18.5. The van der Waals surface area contributed by atoms with Gasteiger partial charge in [0.1, 0.15) is 17.7 Å². The summed E-state index contributed by atoms with van der Waals surface area (Å²) in [4.78, 5) is 60.3. The van der Waals surface area contributed by atoms with Gasteiger partial charge in [-0.3, -0.25) is 19.2 Å². The molecule has 3 fully saturated rings. The van der Waals surface area contributed by atoms with Crippen molar-refractivity contribution in [3.05, 3.63) is 97.1 Å². The fourth-order valence-electron chi connectivity index (χ4n) is 8.28. The lowest BCUT2D eigenvalue weighted by Crippen LogP contribution is -2.57. The number of likely N-dealkylation sites (tertiary alicyclic amines) is 1. The van der Waals surface area contributed by atoms with Gasteiger partial charge in [-0.25, -0.2) is 0 Å². The molecule has 0 radical (unpaired) electrons. The van der Waals surface area contributed by atoms with Crippen LogP contribution >= 0.6 is 15.9 Å². The van der Waals surface area contributed by atoms with E-state index in [0.29, 0.717) is 30.5 Å². The summed E-state index contributed by atoms with van der Waals surface area (Å²) in [5.74, 6) is -3.87. The molecule has 2 aromatic carbocycles. The Hall–Kier alpha value is -3.84. The molecule has 3 amide bonds. The molecule has 2 N–H and O–H groups in total. The first-order valence-corrected chi connectivity index (χ1v) is 19.4. The molecule has 53 heavy (non-hydrogen) atoms. The summed E-state index contributed by atoms with van der Waals surface area (Å²) in [7, 11) is 1.50. The van der Waals surface area contributed by atoms with Gasteiger partial charge in [0.2, 0.25) is 17.7 Å². The SMILES string of the molecule is C=CCCC(=O)N[C@H](COC)[C@H](OC(=O)[C@@H]1[C@H]2O[C@@]3(CC2Br)[C@H](C(=O)N(CC=C)CCCCC)N([C@H](CO)c2ccccc2)C(=O)[C@@H]13)c1ccccc1. The van der Waals surface area contributed by atoms with Crippen LogP contribution in [0.3, 0.4) is 0 Å². The molecule has 3 saturated heterocycles. The minimum absolute atomic E-state index is 0.0431. The highest BCUT2D eigenvalue weighted by atomic mass is 79.9. The van der Waals surface area contributed by atoms with Gasteiger partial charge in [0.25, 0.3) is 0 Å². The number of unbranched alkanes of at least 4 members (excludes halogenated alkanes) is 2. The number of esters is 1. The van der Waals surface area contributed by atoms with E-state index in [2.05, 4.69) is 41.3 Å². The highest BCUT2D eigenvalue weighted by Gasteiger charge is 2.77. The Morgan fingerprint density at radius 3 is 2.38 bits per heavy atom. The Bertz CT molecular complexity index is 1590. The van der Waals surface area contributed by atoms with Gasteiger partial charge < -0.3 is 34.4 Å². The number of nitrogens with zero attached hydrogens (tertiary/aromatic N) is 2. The number of benzene rings is 2. The number of nitrogens with one attached hydrogen (secondary N) is 1. The molecule has 1 spiro atoms. The van der Waals surface area contributed by atoms with Crippen molar-refractivity contribution in [2.24, 2.45) is 11.8 Å². The Balaban J connectivity index is 1.56. The van der Waals surface area contributed by atoms with E-state index >= 15 is 0 Å². The maximum Gasteiger partial charge on any atom is 0.313 e. The molecule has 286 valence electrons. The van der Waals surface area contributed by atoms with Gasteiger partial charge in [0.05, 0.1) is 43.2 Å². The minimum Gasteiger partial charge on any atom is -0.455 e. The second-order valence-electron chi connectivity index (χ2n) is 14.0. The number of carbonyl (C=O) groups excluding carboxylic acids is 4. The Morgan fingerprint density at radius 2 is 1.77 bits per heavy atom. The number of ether oxygens (including phenoxy) is 3. The normalized spacial score (nSPS) is 26.0.